The number of carbonyl (C=O) groups excluding carboxylic acids is 2. The topological polar surface area (TPSA) is 84.0 Å². The Bertz CT molecular complexity index is 1620. The molecule has 1 aliphatic heterocycles. The van der Waals surface area contributed by atoms with Crippen molar-refractivity contribution in [3.8, 4) is 17.2 Å². The van der Waals surface area contributed by atoms with Crippen LogP contribution in [0.15, 0.2) is 72.9 Å². The molecule has 0 spiro atoms. The fraction of sp³-hybridized carbons (Fsp3) is 0.361. The summed E-state index contributed by atoms with van der Waals surface area (Å²) in [5.74, 6) is -0.291. The van der Waals surface area contributed by atoms with Crippen LogP contribution in [-0.4, -0.2) is 67.4 Å². The number of nitrogens with one attached hydrogen (secondary N) is 1. The Morgan fingerprint density at radius 2 is 1.78 bits per heavy atom. The summed E-state index contributed by atoms with van der Waals surface area (Å²) in [7, 11) is 5.40. The first-order valence-electron chi connectivity index (χ1n) is 15.5. The molecule has 0 saturated carbocycles. The smallest absolute Gasteiger partial charge is 0.313 e. The molecule has 0 bridgehead atoms. The lowest BCUT2D eigenvalue weighted by Gasteiger charge is -2.28. The zero-order valence-electron chi connectivity index (χ0n) is 26.2. The number of halogens is 1. The van der Waals surface area contributed by atoms with Crippen LogP contribution in [0.3, 0.4) is 0 Å². The van der Waals surface area contributed by atoms with Gasteiger partial charge in [-0.3, -0.25) is 14.6 Å². The Balaban J connectivity index is 1.21. The number of amides is 2. The Kier molecular flexibility index (Phi) is 10.6. The van der Waals surface area contributed by atoms with Crippen LogP contribution in [-0.2, 0) is 22.4 Å². The van der Waals surface area contributed by atoms with Crippen LogP contribution in [0.25, 0.3) is 10.9 Å². The van der Waals surface area contributed by atoms with E-state index in [0.717, 1.165) is 47.2 Å². The van der Waals surface area contributed by atoms with E-state index in [1.54, 1.807) is 26.4 Å². The highest BCUT2D eigenvalue weighted by molar-refractivity contribution is 6.39. The van der Waals surface area contributed by atoms with Crippen LogP contribution in [0.2, 0.25) is 0 Å². The summed E-state index contributed by atoms with van der Waals surface area (Å²) in [5, 5.41) is 3.19. The number of likely N-dealkylation sites (N-methyl/N-ethyl adjacent to an activating group) is 1. The van der Waals surface area contributed by atoms with Gasteiger partial charge in [0, 0.05) is 36.9 Å². The number of nitrogens with zero attached hydrogens (tertiary/aromatic N) is 3. The van der Waals surface area contributed by atoms with Gasteiger partial charge in [-0.15, -0.1) is 0 Å². The molecule has 0 unspecified atom stereocenters. The number of aromatic nitrogens is 1. The van der Waals surface area contributed by atoms with Crippen LogP contribution < -0.4 is 14.8 Å². The molecule has 2 amide bonds. The van der Waals surface area contributed by atoms with Crippen molar-refractivity contribution in [2.45, 2.75) is 38.5 Å². The summed E-state index contributed by atoms with van der Waals surface area (Å²) >= 11 is 0. The first kappa shape index (κ1) is 31.9. The number of fused-ring (bicyclic) bond motifs is 1. The maximum Gasteiger partial charge on any atom is 0.313 e. The molecule has 45 heavy (non-hydrogen) atoms. The third kappa shape index (κ3) is 8.36. The molecule has 9 heteroatoms. The van der Waals surface area contributed by atoms with Crippen LogP contribution in [0.1, 0.15) is 36.8 Å². The zero-order chi connectivity index (χ0) is 31.8. The zero-order valence-corrected chi connectivity index (χ0v) is 26.2. The number of methoxy groups -OCH3 is 1. The molecule has 3 aromatic carbocycles. The second-order valence-electron chi connectivity index (χ2n) is 11.8. The van der Waals surface area contributed by atoms with Crippen molar-refractivity contribution in [3.63, 3.8) is 0 Å². The van der Waals surface area contributed by atoms with Crippen molar-refractivity contribution in [2.24, 2.45) is 5.92 Å². The van der Waals surface area contributed by atoms with Gasteiger partial charge in [-0.2, -0.15) is 0 Å². The predicted octanol–water partition coefficient (Wildman–Crippen LogP) is 6.48. The summed E-state index contributed by atoms with van der Waals surface area (Å²) in [5.41, 5.74) is 3.05. The molecule has 2 heterocycles. The first-order valence-corrected chi connectivity index (χ1v) is 15.5. The third-order valence-electron chi connectivity index (χ3n) is 8.53. The number of likely N-dealkylation sites (tertiary alicyclic amines) is 1. The van der Waals surface area contributed by atoms with E-state index in [0.29, 0.717) is 24.1 Å². The molecule has 5 rings (SSSR count). The third-order valence-corrected chi connectivity index (χ3v) is 8.53. The molecular weight excluding hydrogens is 571 g/mol. The SMILES string of the molecule is COc1cc2c(Oc3ccc(NC(=O)C(=O)N(C)CCc4ccccc4)cc3F)ccnc2cc1CCCC1CCN(C)CC1. The number of aryl methyl sites for hydroxylation is 1. The summed E-state index contributed by atoms with van der Waals surface area (Å²) in [6.45, 7) is 2.71. The number of benzene rings is 3. The van der Waals surface area contributed by atoms with E-state index in [1.807, 2.05) is 42.5 Å². The van der Waals surface area contributed by atoms with Gasteiger partial charge in [0.15, 0.2) is 11.6 Å². The highest BCUT2D eigenvalue weighted by atomic mass is 19.1. The standard InChI is InChI=1S/C36H41FN4O4/c1-40-19-15-26(16-20-40)10-7-11-27-22-31-29(24-34(27)44-3)32(14-18-38-31)45-33-13-12-28(23-30(33)37)39-35(42)36(43)41(2)21-17-25-8-5-4-6-9-25/h4-6,8-9,12-14,18,22-24,26H,7,10-11,15-17,19-21H2,1-3H3,(H,39,42). The minimum atomic E-state index is -0.840. The van der Waals surface area contributed by atoms with E-state index in [-0.39, 0.29) is 11.4 Å². The average molecular weight is 613 g/mol. The molecule has 0 aliphatic carbocycles. The minimum absolute atomic E-state index is 0.0204. The van der Waals surface area contributed by atoms with Crippen molar-refractivity contribution in [1.82, 2.24) is 14.8 Å². The van der Waals surface area contributed by atoms with Gasteiger partial charge < -0.3 is 24.6 Å². The molecular formula is C36H41FN4O4. The largest absolute Gasteiger partial charge is 0.496 e. The normalized spacial score (nSPS) is 13.9. The van der Waals surface area contributed by atoms with Crippen LogP contribution in [0.4, 0.5) is 10.1 Å². The second kappa shape index (κ2) is 15.0. The van der Waals surface area contributed by atoms with E-state index < -0.39 is 17.6 Å². The monoisotopic (exact) mass is 612 g/mol. The number of pyridine rings is 1. The highest BCUT2D eigenvalue weighted by Gasteiger charge is 2.20. The minimum Gasteiger partial charge on any atom is -0.496 e. The number of anilines is 1. The van der Waals surface area contributed by atoms with E-state index >= 15 is 4.39 Å². The van der Waals surface area contributed by atoms with Gasteiger partial charge in [0.1, 0.15) is 11.5 Å². The van der Waals surface area contributed by atoms with Gasteiger partial charge in [-0.25, -0.2) is 4.39 Å². The van der Waals surface area contributed by atoms with Crippen molar-refractivity contribution >= 4 is 28.4 Å². The van der Waals surface area contributed by atoms with Crippen molar-refractivity contribution < 1.29 is 23.5 Å². The van der Waals surface area contributed by atoms with Crippen molar-refractivity contribution in [2.75, 3.05) is 46.2 Å². The fourth-order valence-corrected chi connectivity index (χ4v) is 5.78. The number of hydrogen-bond donors (Lipinski definition) is 1. The predicted molar refractivity (Wildman–Crippen MR) is 174 cm³/mol. The molecule has 1 saturated heterocycles. The second-order valence-corrected chi connectivity index (χ2v) is 11.8. The lowest BCUT2D eigenvalue weighted by atomic mass is 9.91. The Labute approximate surface area is 264 Å². The van der Waals surface area contributed by atoms with Gasteiger partial charge in [0.2, 0.25) is 0 Å². The van der Waals surface area contributed by atoms with E-state index in [2.05, 4.69) is 22.2 Å². The molecule has 1 aliphatic rings. The molecule has 8 nitrogen and oxygen atoms in total. The number of rotatable bonds is 11. The Morgan fingerprint density at radius 3 is 2.51 bits per heavy atom. The maximum atomic E-state index is 15.2. The Hall–Kier alpha value is -4.50. The number of ether oxygens (including phenoxy) is 2. The van der Waals surface area contributed by atoms with Gasteiger partial charge in [0.25, 0.3) is 0 Å². The van der Waals surface area contributed by atoms with Crippen LogP contribution in [0, 0.1) is 11.7 Å². The molecule has 1 fully saturated rings. The number of carbonyl (C=O) groups is 2. The molecule has 1 aromatic heterocycles. The van der Waals surface area contributed by atoms with Gasteiger partial charge >= 0.3 is 11.8 Å². The van der Waals surface area contributed by atoms with Crippen LogP contribution >= 0.6 is 0 Å². The summed E-state index contributed by atoms with van der Waals surface area (Å²) in [6, 6.07) is 19.4. The molecule has 0 atom stereocenters. The lowest BCUT2D eigenvalue weighted by molar-refractivity contribution is -0.142. The van der Waals surface area contributed by atoms with E-state index in [9.17, 15) is 9.59 Å². The Morgan fingerprint density at radius 1 is 1.00 bits per heavy atom. The molecule has 0 radical (unpaired) electrons. The van der Waals surface area contributed by atoms with Gasteiger partial charge in [0.05, 0.1) is 12.6 Å². The molecule has 1 N–H and O–H groups in total. The summed E-state index contributed by atoms with van der Waals surface area (Å²) in [4.78, 5) is 33.4. The average Bonchev–Trinajstić information content (AvgIpc) is 3.05. The molecule has 4 aromatic rings. The van der Waals surface area contributed by atoms with E-state index in [4.69, 9.17) is 9.47 Å². The van der Waals surface area contributed by atoms with Gasteiger partial charge in [-0.05, 0) is 99.6 Å². The van der Waals surface area contributed by atoms with Crippen molar-refractivity contribution in [3.05, 3.63) is 89.9 Å². The summed E-state index contributed by atoms with van der Waals surface area (Å²) in [6.07, 6.45) is 7.93. The fourth-order valence-electron chi connectivity index (χ4n) is 5.78. The first-order chi connectivity index (χ1) is 21.8. The molecule has 236 valence electrons. The van der Waals surface area contributed by atoms with Gasteiger partial charge in [-0.1, -0.05) is 36.8 Å². The highest BCUT2D eigenvalue weighted by Crippen LogP contribution is 2.35. The van der Waals surface area contributed by atoms with Crippen LogP contribution in [0.5, 0.6) is 17.2 Å². The quantitative estimate of drug-likeness (QED) is 0.195. The summed E-state index contributed by atoms with van der Waals surface area (Å²) < 4.78 is 26.9. The lowest BCUT2D eigenvalue weighted by Crippen LogP contribution is -2.38. The van der Waals surface area contributed by atoms with E-state index in [1.165, 1.54) is 49.4 Å². The number of piperidine rings is 1. The maximum absolute atomic E-state index is 15.2. The number of hydrogen-bond acceptors (Lipinski definition) is 6. The van der Waals surface area contributed by atoms with Crippen molar-refractivity contribution in [1.29, 1.82) is 0 Å².